The number of thioether (sulfide) groups is 1. The number of aryl methyl sites for hydroxylation is 1. The number of aromatic nitrogens is 1. The van der Waals surface area contributed by atoms with Crippen LogP contribution in [0.4, 0.5) is 11.5 Å². The minimum Gasteiger partial charge on any atom is -0.322 e. The number of carbonyl (C=O) groups excluding carboxylic acids is 2. The van der Waals surface area contributed by atoms with Gasteiger partial charge >= 0.3 is 0 Å². The molecule has 1 heterocycles. The van der Waals surface area contributed by atoms with Gasteiger partial charge in [-0.15, -0.1) is 11.8 Å². The summed E-state index contributed by atoms with van der Waals surface area (Å²) in [6.45, 7) is 3.81. The number of nitrogens with one attached hydrogen (secondary N) is 2. The number of hydrogen-bond donors (Lipinski definition) is 2. The number of rotatable bonds is 6. The van der Waals surface area contributed by atoms with Gasteiger partial charge in [-0.05, 0) is 56.3 Å². The summed E-state index contributed by atoms with van der Waals surface area (Å²) in [5.41, 5.74) is 2.40. The van der Waals surface area contributed by atoms with Crippen LogP contribution in [0.3, 0.4) is 0 Å². The Labute approximate surface area is 168 Å². The summed E-state index contributed by atoms with van der Waals surface area (Å²) in [7, 11) is 0. The fourth-order valence-electron chi connectivity index (χ4n) is 2.48. The Kier molecular flexibility index (Phi) is 6.45. The maximum atomic E-state index is 12.4. The van der Waals surface area contributed by atoms with Crippen molar-refractivity contribution in [2.45, 2.75) is 24.0 Å². The van der Waals surface area contributed by atoms with Gasteiger partial charge in [0.25, 0.3) is 5.91 Å². The zero-order valence-corrected chi connectivity index (χ0v) is 16.5. The largest absolute Gasteiger partial charge is 0.322 e. The van der Waals surface area contributed by atoms with Crippen LogP contribution in [0.25, 0.3) is 0 Å². The van der Waals surface area contributed by atoms with Crippen LogP contribution in [-0.4, -0.2) is 22.0 Å². The van der Waals surface area contributed by atoms with Gasteiger partial charge in [0.1, 0.15) is 5.82 Å². The lowest BCUT2D eigenvalue weighted by Gasteiger charge is -2.12. The highest BCUT2D eigenvalue weighted by Gasteiger charge is 2.15. The van der Waals surface area contributed by atoms with Crippen molar-refractivity contribution < 1.29 is 9.59 Å². The highest BCUT2D eigenvalue weighted by atomic mass is 32.2. The first-order valence-corrected chi connectivity index (χ1v) is 9.76. The molecule has 142 valence electrons. The zero-order chi connectivity index (χ0) is 19.9. The quantitative estimate of drug-likeness (QED) is 0.594. The molecule has 0 aliphatic rings. The fraction of sp³-hybridized carbons (Fsp3) is 0.136. The van der Waals surface area contributed by atoms with E-state index < -0.39 is 0 Å². The van der Waals surface area contributed by atoms with E-state index in [1.54, 1.807) is 30.5 Å². The molecule has 2 aromatic carbocycles. The summed E-state index contributed by atoms with van der Waals surface area (Å²) < 4.78 is 0. The Morgan fingerprint density at radius 3 is 2.46 bits per heavy atom. The maximum absolute atomic E-state index is 12.4. The highest BCUT2D eigenvalue weighted by molar-refractivity contribution is 8.00. The minimum atomic E-state index is -0.315. The third-order valence-corrected chi connectivity index (χ3v) is 5.10. The lowest BCUT2D eigenvalue weighted by atomic mass is 10.1. The van der Waals surface area contributed by atoms with Gasteiger partial charge in [0.2, 0.25) is 5.91 Å². The number of anilines is 2. The van der Waals surface area contributed by atoms with Crippen molar-refractivity contribution in [1.29, 1.82) is 0 Å². The molecule has 3 aromatic rings. The third-order valence-electron chi connectivity index (χ3n) is 4.00. The molecule has 0 aliphatic carbocycles. The van der Waals surface area contributed by atoms with Crippen molar-refractivity contribution >= 4 is 35.1 Å². The Balaban J connectivity index is 1.61. The van der Waals surface area contributed by atoms with Crippen LogP contribution >= 0.6 is 11.8 Å². The number of hydrogen-bond acceptors (Lipinski definition) is 4. The number of benzene rings is 2. The normalized spacial score (nSPS) is 11.5. The van der Waals surface area contributed by atoms with Gasteiger partial charge < -0.3 is 10.6 Å². The van der Waals surface area contributed by atoms with Crippen LogP contribution in [0.1, 0.15) is 22.8 Å². The van der Waals surface area contributed by atoms with Crippen LogP contribution in [0.2, 0.25) is 0 Å². The van der Waals surface area contributed by atoms with E-state index in [2.05, 4.69) is 15.6 Å². The molecule has 1 atom stereocenters. The molecular formula is C22H21N3O2S. The van der Waals surface area contributed by atoms with Gasteiger partial charge in [-0.1, -0.05) is 29.8 Å². The number of nitrogens with zero attached hydrogens (tertiary/aromatic N) is 1. The van der Waals surface area contributed by atoms with Crippen molar-refractivity contribution in [2.24, 2.45) is 0 Å². The molecule has 2 amide bonds. The lowest BCUT2D eigenvalue weighted by Crippen LogP contribution is -2.22. The van der Waals surface area contributed by atoms with Gasteiger partial charge in [-0.3, -0.25) is 9.59 Å². The smallest absolute Gasteiger partial charge is 0.255 e. The molecular weight excluding hydrogens is 370 g/mol. The standard InChI is InChI=1S/C22H21N3O2S/c1-15-9-11-17(12-10-15)22(27)24-18-6-5-7-19(14-18)28-16(2)21(26)25-20-8-3-4-13-23-20/h3-14,16H,1-2H3,(H,24,27)(H,23,25,26). The Morgan fingerprint density at radius 1 is 0.964 bits per heavy atom. The number of pyridine rings is 1. The maximum Gasteiger partial charge on any atom is 0.255 e. The first kappa shape index (κ1) is 19.6. The van der Waals surface area contributed by atoms with Crippen molar-refractivity contribution in [2.75, 3.05) is 10.6 Å². The lowest BCUT2D eigenvalue weighted by molar-refractivity contribution is -0.115. The molecule has 0 radical (unpaired) electrons. The van der Waals surface area contributed by atoms with Gasteiger partial charge in [0.15, 0.2) is 0 Å². The molecule has 1 aromatic heterocycles. The second-order valence-electron chi connectivity index (χ2n) is 6.31. The van der Waals surface area contributed by atoms with Crippen LogP contribution < -0.4 is 10.6 Å². The van der Waals surface area contributed by atoms with Gasteiger partial charge in [0, 0.05) is 22.3 Å². The van der Waals surface area contributed by atoms with E-state index in [9.17, 15) is 9.59 Å². The Morgan fingerprint density at radius 2 is 1.75 bits per heavy atom. The van der Waals surface area contributed by atoms with Crippen molar-refractivity contribution in [1.82, 2.24) is 4.98 Å². The molecule has 2 N–H and O–H groups in total. The average molecular weight is 391 g/mol. The molecule has 0 saturated heterocycles. The molecule has 0 fully saturated rings. The SMILES string of the molecule is Cc1ccc(C(=O)Nc2cccc(SC(C)C(=O)Nc3ccccn3)c2)cc1. The van der Waals surface area contributed by atoms with E-state index in [4.69, 9.17) is 0 Å². The zero-order valence-electron chi connectivity index (χ0n) is 15.7. The summed E-state index contributed by atoms with van der Waals surface area (Å²) in [5, 5.41) is 5.38. The van der Waals surface area contributed by atoms with Crippen LogP contribution in [-0.2, 0) is 4.79 Å². The Bertz CT molecular complexity index is 959. The molecule has 0 bridgehead atoms. The first-order chi connectivity index (χ1) is 13.5. The van der Waals surface area contributed by atoms with Crippen LogP contribution in [0.15, 0.2) is 77.8 Å². The first-order valence-electron chi connectivity index (χ1n) is 8.88. The molecule has 0 spiro atoms. The summed E-state index contributed by atoms with van der Waals surface area (Å²) >= 11 is 1.42. The van der Waals surface area contributed by atoms with Crippen molar-refractivity contribution in [3.05, 3.63) is 84.1 Å². The Hall–Kier alpha value is -3.12. The third kappa shape index (κ3) is 5.44. The van der Waals surface area contributed by atoms with Gasteiger partial charge in [0.05, 0.1) is 5.25 Å². The number of amides is 2. The minimum absolute atomic E-state index is 0.127. The van der Waals surface area contributed by atoms with E-state index in [1.165, 1.54) is 11.8 Å². The predicted molar refractivity (Wildman–Crippen MR) is 114 cm³/mol. The van der Waals surface area contributed by atoms with E-state index in [0.717, 1.165) is 10.5 Å². The monoisotopic (exact) mass is 391 g/mol. The van der Waals surface area contributed by atoms with Gasteiger partial charge in [-0.2, -0.15) is 0 Å². The molecule has 6 heteroatoms. The fourth-order valence-corrected chi connectivity index (χ4v) is 3.40. The predicted octanol–water partition coefficient (Wildman–Crippen LogP) is 4.76. The molecule has 5 nitrogen and oxygen atoms in total. The van der Waals surface area contributed by atoms with E-state index >= 15 is 0 Å². The molecule has 3 rings (SSSR count). The summed E-state index contributed by atoms with van der Waals surface area (Å²) in [6, 6.07) is 20.2. The van der Waals surface area contributed by atoms with E-state index in [1.807, 2.05) is 56.3 Å². The topological polar surface area (TPSA) is 71.1 Å². The molecule has 1 unspecified atom stereocenters. The average Bonchev–Trinajstić information content (AvgIpc) is 2.69. The second-order valence-corrected chi connectivity index (χ2v) is 7.73. The summed E-state index contributed by atoms with van der Waals surface area (Å²) in [5.74, 6) is 0.236. The van der Waals surface area contributed by atoms with Crippen molar-refractivity contribution in [3.8, 4) is 0 Å². The molecule has 0 saturated carbocycles. The summed E-state index contributed by atoms with van der Waals surface area (Å²) in [6.07, 6.45) is 1.63. The molecule has 28 heavy (non-hydrogen) atoms. The van der Waals surface area contributed by atoms with Crippen LogP contribution in [0, 0.1) is 6.92 Å². The van der Waals surface area contributed by atoms with E-state index in [0.29, 0.717) is 17.1 Å². The number of carbonyl (C=O) groups is 2. The second kappa shape index (κ2) is 9.19. The van der Waals surface area contributed by atoms with E-state index in [-0.39, 0.29) is 17.1 Å². The highest BCUT2D eigenvalue weighted by Crippen LogP contribution is 2.26. The molecule has 0 aliphatic heterocycles. The summed E-state index contributed by atoms with van der Waals surface area (Å²) in [4.78, 5) is 29.7. The van der Waals surface area contributed by atoms with Crippen molar-refractivity contribution in [3.63, 3.8) is 0 Å². The van der Waals surface area contributed by atoms with Gasteiger partial charge in [-0.25, -0.2) is 4.98 Å². The van der Waals surface area contributed by atoms with Crippen LogP contribution in [0.5, 0.6) is 0 Å².